The Morgan fingerprint density at radius 2 is 2.16 bits per heavy atom. The molecule has 1 aliphatic carbocycles. The molecule has 1 saturated heterocycles. The number of aryl methyl sites for hydroxylation is 1. The van der Waals surface area contributed by atoms with Crippen molar-refractivity contribution in [3.8, 4) is 0 Å². The molecule has 0 bridgehead atoms. The van der Waals surface area contributed by atoms with Crippen LogP contribution in [0.25, 0.3) is 0 Å². The molecule has 2 fully saturated rings. The number of aromatic nitrogens is 2. The Balaban J connectivity index is 1.74. The predicted octanol–water partition coefficient (Wildman–Crippen LogP) is 2.42. The van der Waals surface area contributed by atoms with E-state index in [0.29, 0.717) is 12.6 Å². The Bertz CT molecular complexity index is 457. The predicted molar refractivity (Wildman–Crippen MR) is 72.1 cm³/mol. The quantitative estimate of drug-likeness (QED) is 0.911. The van der Waals surface area contributed by atoms with E-state index >= 15 is 0 Å². The van der Waals surface area contributed by atoms with Crippen molar-refractivity contribution in [2.24, 2.45) is 0 Å². The lowest BCUT2D eigenvalue weighted by Gasteiger charge is -2.16. The minimum atomic E-state index is -0.285. The van der Waals surface area contributed by atoms with Gasteiger partial charge in [0.05, 0.1) is 11.7 Å². The minimum absolute atomic E-state index is 0.0309. The van der Waals surface area contributed by atoms with E-state index in [9.17, 15) is 4.79 Å². The fourth-order valence-electron chi connectivity index (χ4n) is 3.03. The van der Waals surface area contributed by atoms with Crippen LogP contribution in [-0.2, 0) is 9.53 Å². The lowest BCUT2D eigenvalue weighted by molar-refractivity contribution is -0.124. The smallest absolute Gasteiger partial charge is 0.254 e. The topological polar surface area (TPSA) is 56.1 Å². The molecule has 1 aromatic rings. The van der Waals surface area contributed by atoms with Gasteiger partial charge in [-0.2, -0.15) is 5.10 Å². The highest BCUT2D eigenvalue weighted by atomic mass is 16.5. The summed E-state index contributed by atoms with van der Waals surface area (Å²) in [6.07, 6.45) is 6.33. The number of hydrogen-bond acceptors (Lipinski definition) is 3. The third-order valence-corrected chi connectivity index (χ3v) is 4.00. The molecule has 3 rings (SSSR count). The van der Waals surface area contributed by atoms with Crippen molar-refractivity contribution in [1.29, 1.82) is 0 Å². The fraction of sp³-hybridized carbons (Fsp3) is 0.714. The average molecular weight is 263 g/mol. The monoisotopic (exact) mass is 263 g/mol. The summed E-state index contributed by atoms with van der Waals surface area (Å²) in [5, 5.41) is 7.52. The molecule has 19 heavy (non-hydrogen) atoms. The molecule has 104 valence electrons. The van der Waals surface area contributed by atoms with E-state index in [1.54, 1.807) is 0 Å². The summed E-state index contributed by atoms with van der Waals surface area (Å²) in [5.41, 5.74) is 0.953. The van der Waals surface area contributed by atoms with Crippen molar-refractivity contribution < 1.29 is 9.53 Å². The van der Waals surface area contributed by atoms with Crippen molar-refractivity contribution in [3.63, 3.8) is 0 Å². The van der Waals surface area contributed by atoms with Crippen LogP contribution in [0.3, 0.4) is 0 Å². The van der Waals surface area contributed by atoms with Gasteiger partial charge in [0.2, 0.25) is 0 Å². The molecule has 1 atom stereocenters. The Morgan fingerprint density at radius 1 is 1.37 bits per heavy atom. The van der Waals surface area contributed by atoms with Crippen LogP contribution in [0, 0.1) is 6.92 Å². The third kappa shape index (κ3) is 2.66. The maximum atomic E-state index is 12.1. The van der Waals surface area contributed by atoms with Gasteiger partial charge in [-0.15, -0.1) is 0 Å². The summed E-state index contributed by atoms with van der Waals surface area (Å²) < 4.78 is 7.41. The van der Waals surface area contributed by atoms with Crippen LogP contribution in [0.2, 0.25) is 0 Å². The SMILES string of the molecule is Cc1cc(NC(=O)C2CCCO2)n(C2CCCC2)n1. The zero-order valence-corrected chi connectivity index (χ0v) is 11.4. The van der Waals surface area contributed by atoms with E-state index in [4.69, 9.17) is 4.74 Å². The first kappa shape index (κ1) is 12.7. The van der Waals surface area contributed by atoms with Gasteiger partial charge in [0.25, 0.3) is 5.91 Å². The van der Waals surface area contributed by atoms with Crippen LogP contribution in [0.4, 0.5) is 5.82 Å². The van der Waals surface area contributed by atoms with Gasteiger partial charge in [-0.1, -0.05) is 12.8 Å². The molecule has 0 spiro atoms. The van der Waals surface area contributed by atoms with Gasteiger partial charge in [-0.25, -0.2) is 4.68 Å². The second-order valence-corrected chi connectivity index (χ2v) is 5.54. The Labute approximate surface area is 113 Å². The maximum Gasteiger partial charge on any atom is 0.254 e. The molecular weight excluding hydrogens is 242 g/mol. The van der Waals surface area contributed by atoms with E-state index < -0.39 is 0 Å². The second kappa shape index (κ2) is 5.33. The molecule has 1 N–H and O–H groups in total. The molecule has 5 heteroatoms. The zero-order valence-electron chi connectivity index (χ0n) is 11.4. The van der Waals surface area contributed by atoms with Gasteiger partial charge in [0, 0.05) is 12.7 Å². The van der Waals surface area contributed by atoms with Crippen molar-refractivity contribution in [2.45, 2.75) is 57.6 Å². The lowest BCUT2D eigenvalue weighted by Crippen LogP contribution is -2.28. The normalized spacial score (nSPS) is 23.9. The van der Waals surface area contributed by atoms with Gasteiger partial charge in [0.1, 0.15) is 11.9 Å². The van der Waals surface area contributed by atoms with Crippen LogP contribution in [0.5, 0.6) is 0 Å². The van der Waals surface area contributed by atoms with Gasteiger partial charge in [0.15, 0.2) is 0 Å². The fourth-order valence-corrected chi connectivity index (χ4v) is 3.03. The Morgan fingerprint density at radius 3 is 2.84 bits per heavy atom. The molecular formula is C14H21N3O2. The summed E-state index contributed by atoms with van der Waals surface area (Å²) in [5.74, 6) is 0.793. The highest BCUT2D eigenvalue weighted by molar-refractivity contribution is 5.93. The highest BCUT2D eigenvalue weighted by Gasteiger charge is 2.26. The lowest BCUT2D eigenvalue weighted by atomic mass is 10.2. The second-order valence-electron chi connectivity index (χ2n) is 5.54. The maximum absolute atomic E-state index is 12.1. The van der Waals surface area contributed by atoms with E-state index in [-0.39, 0.29) is 12.0 Å². The van der Waals surface area contributed by atoms with Gasteiger partial charge < -0.3 is 10.1 Å². The van der Waals surface area contributed by atoms with Crippen LogP contribution >= 0.6 is 0 Å². The molecule has 1 aliphatic heterocycles. The summed E-state index contributed by atoms with van der Waals surface area (Å²) in [6, 6.07) is 2.39. The van der Waals surface area contributed by atoms with Crippen molar-refractivity contribution in [1.82, 2.24) is 9.78 Å². The standard InChI is InChI=1S/C14H21N3O2/c1-10-9-13(15-14(18)12-7-4-8-19-12)17(16-10)11-5-2-3-6-11/h9,11-12H,2-8H2,1H3,(H,15,18). The summed E-state index contributed by atoms with van der Waals surface area (Å²) in [7, 11) is 0. The minimum Gasteiger partial charge on any atom is -0.368 e. The van der Waals surface area contributed by atoms with E-state index in [2.05, 4.69) is 10.4 Å². The molecule has 1 unspecified atom stereocenters. The summed E-state index contributed by atoms with van der Waals surface area (Å²) >= 11 is 0. The van der Waals surface area contributed by atoms with Crippen LogP contribution in [0.15, 0.2) is 6.07 Å². The number of anilines is 1. The zero-order chi connectivity index (χ0) is 13.2. The number of ether oxygens (including phenoxy) is 1. The van der Waals surface area contributed by atoms with Crippen LogP contribution < -0.4 is 5.32 Å². The number of amides is 1. The van der Waals surface area contributed by atoms with Crippen molar-refractivity contribution >= 4 is 11.7 Å². The van der Waals surface area contributed by atoms with Crippen LogP contribution in [0.1, 0.15) is 50.3 Å². The van der Waals surface area contributed by atoms with Crippen LogP contribution in [-0.4, -0.2) is 28.4 Å². The molecule has 1 saturated carbocycles. The molecule has 5 nitrogen and oxygen atoms in total. The molecule has 0 radical (unpaired) electrons. The van der Waals surface area contributed by atoms with Gasteiger partial charge in [-0.05, 0) is 32.6 Å². The highest BCUT2D eigenvalue weighted by Crippen LogP contribution is 2.32. The first-order valence-corrected chi connectivity index (χ1v) is 7.22. The molecule has 2 heterocycles. The first-order chi connectivity index (χ1) is 9.24. The third-order valence-electron chi connectivity index (χ3n) is 4.00. The number of carbonyl (C=O) groups excluding carboxylic acids is 1. The molecule has 2 aliphatic rings. The summed E-state index contributed by atoms with van der Waals surface area (Å²) in [6.45, 7) is 2.66. The largest absolute Gasteiger partial charge is 0.368 e. The first-order valence-electron chi connectivity index (χ1n) is 7.22. The van der Waals surface area contributed by atoms with Gasteiger partial charge >= 0.3 is 0 Å². The number of nitrogens with zero attached hydrogens (tertiary/aromatic N) is 2. The number of nitrogens with one attached hydrogen (secondary N) is 1. The number of hydrogen-bond donors (Lipinski definition) is 1. The number of carbonyl (C=O) groups is 1. The van der Waals surface area contributed by atoms with E-state index in [0.717, 1.165) is 37.2 Å². The Kier molecular flexibility index (Phi) is 3.55. The van der Waals surface area contributed by atoms with E-state index in [1.165, 1.54) is 12.8 Å². The number of rotatable bonds is 3. The van der Waals surface area contributed by atoms with E-state index in [1.807, 2.05) is 17.7 Å². The average Bonchev–Trinajstić information content (AvgIpc) is 3.09. The van der Waals surface area contributed by atoms with Crippen molar-refractivity contribution in [2.75, 3.05) is 11.9 Å². The Hall–Kier alpha value is -1.36. The summed E-state index contributed by atoms with van der Waals surface area (Å²) in [4.78, 5) is 12.1. The molecule has 1 aromatic heterocycles. The molecule has 0 aromatic carbocycles. The molecule has 1 amide bonds. The van der Waals surface area contributed by atoms with Gasteiger partial charge in [-0.3, -0.25) is 4.79 Å². The van der Waals surface area contributed by atoms with Crippen molar-refractivity contribution in [3.05, 3.63) is 11.8 Å².